The summed E-state index contributed by atoms with van der Waals surface area (Å²) in [4.78, 5) is 2.66. The molecule has 18 heavy (non-hydrogen) atoms. The zero-order valence-corrected chi connectivity index (χ0v) is 12.0. The Morgan fingerprint density at radius 2 is 2.00 bits per heavy atom. The van der Waals surface area contributed by atoms with Crippen molar-refractivity contribution in [3.05, 3.63) is 0 Å². The molecule has 3 heteroatoms. The smallest absolute Gasteiger partial charge is 0.0702 e. The van der Waals surface area contributed by atoms with Crippen LogP contribution in [0.4, 0.5) is 0 Å². The van der Waals surface area contributed by atoms with Crippen LogP contribution in [0, 0.1) is 0 Å². The van der Waals surface area contributed by atoms with Gasteiger partial charge in [-0.1, -0.05) is 19.8 Å². The first kappa shape index (κ1) is 14.3. The van der Waals surface area contributed by atoms with Crippen molar-refractivity contribution in [1.29, 1.82) is 0 Å². The van der Waals surface area contributed by atoms with Gasteiger partial charge in [0.2, 0.25) is 0 Å². The summed E-state index contributed by atoms with van der Waals surface area (Å²) in [5, 5.41) is 0. The fourth-order valence-electron chi connectivity index (χ4n) is 3.67. The molecular formula is C15H30N2O. The zero-order chi connectivity index (χ0) is 12.8. The molecule has 106 valence electrons. The van der Waals surface area contributed by atoms with E-state index in [0.29, 0.717) is 6.10 Å². The lowest BCUT2D eigenvalue weighted by molar-refractivity contribution is -0.0300. The molecule has 0 radical (unpaired) electrons. The van der Waals surface area contributed by atoms with Gasteiger partial charge in [-0.05, 0) is 45.1 Å². The normalized spacial score (nSPS) is 27.8. The van der Waals surface area contributed by atoms with E-state index in [1.807, 2.05) is 0 Å². The molecule has 3 nitrogen and oxygen atoms in total. The first-order valence-corrected chi connectivity index (χ1v) is 7.87. The van der Waals surface area contributed by atoms with Gasteiger partial charge in [0, 0.05) is 25.2 Å². The molecule has 1 unspecified atom stereocenters. The van der Waals surface area contributed by atoms with Gasteiger partial charge >= 0.3 is 0 Å². The molecule has 0 bridgehead atoms. The lowest BCUT2D eigenvalue weighted by Crippen LogP contribution is -2.55. The molecule has 0 spiro atoms. The molecule has 2 aliphatic rings. The zero-order valence-electron chi connectivity index (χ0n) is 12.0. The topological polar surface area (TPSA) is 38.5 Å². The first-order valence-electron chi connectivity index (χ1n) is 7.87. The summed E-state index contributed by atoms with van der Waals surface area (Å²) in [6.45, 7) is 6.33. The van der Waals surface area contributed by atoms with E-state index in [0.717, 1.165) is 19.7 Å². The van der Waals surface area contributed by atoms with Crippen LogP contribution in [0.5, 0.6) is 0 Å². The number of nitrogens with two attached hydrogens (primary N) is 1. The quantitative estimate of drug-likeness (QED) is 0.791. The fraction of sp³-hybridized carbons (Fsp3) is 1.00. The largest absolute Gasteiger partial charge is 0.377 e. The summed E-state index contributed by atoms with van der Waals surface area (Å²) in [5.74, 6) is 0. The molecule has 1 atom stereocenters. The summed E-state index contributed by atoms with van der Waals surface area (Å²) < 4.78 is 5.92. The molecule has 2 N–H and O–H groups in total. The van der Waals surface area contributed by atoms with Crippen molar-refractivity contribution >= 4 is 0 Å². The van der Waals surface area contributed by atoms with Crippen LogP contribution in [-0.4, -0.2) is 42.8 Å². The van der Waals surface area contributed by atoms with Gasteiger partial charge in [0.1, 0.15) is 0 Å². The summed E-state index contributed by atoms with van der Waals surface area (Å²) in [6, 6.07) is 0. The maximum absolute atomic E-state index is 6.12. The van der Waals surface area contributed by atoms with Crippen LogP contribution in [0.2, 0.25) is 0 Å². The Labute approximate surface area is 112 Å². The molecule has 2 fully saturated rings. The molecular weight excluding hydrogens is 224 g/mol. The van der Waals surface area contributed by atoms with Crippen molar-refractivity contribution in [3.8, 4) is 0 Å². The van der Waals surface area contributed by atoms with Gasteiger partial charge in [0.15, 0.2) is 0 Å². The lowest BCUT2D eigenvalue weighted by Gasteiger charge is -2.43. The fourth-order valence-corrected chi connectivity index (χ4v) is 3.67. The minimum Gasteiger partial charge on any atom is -0.377 e. The highest BCUT2D eigenvalue weighted by molar-refractivity contribution is 4.96. The van der Waals surface area contributed by atoms with Crippen molar-refractivity contribution in [1.82, 2.24) is 4.90 Å². The predicted molar refractivity (Wildman–Crippen MR) is 75.7 cm³/mol. The monoisotopic (exact) mass is 254 g/mol. The van der Waals surface area contributed by atoms with E-state index in [2.05, 4.69) is 11.8 Å². The van der Waals surface area contributed by atoms with E-state index in [4.69, 9.17) is 10.5 Å². The van der Waals surface area contributed by atoms with E-state index in [9.17, 15) is 0 Å². The van der Waals surface area contributed by atoms with Crippen LogP contribution in [0.15, 0.2) is 0 Å². The predicted octanol–water partition coefficient (Wildman–Crippen LogP) is 2.54. The molecule has 0 amide bonds. The van der Waals surface area contributed by atoms with E-state index < -0.39 is 0 Å². The molecule has 1 saturated heterocycles. The Balaban J connectivity index is 1.97. The Bertz CT molecular complexity index is 233. The summed E-state index contributed by atoms with van der Waals surface area (Å²) >= 11 is 0. The van der Waals surface area contributed by atoms with Crippen LogP contribution in [0.3, 0.4) is 0 Å². The van der Waals surface area contributed by atoms with E-state index in [-0.39, 0.29) is 5.54 Å². The maximum Gasteiger partial charge on any atom is 0.0702 e. The molecule has 1 heterocycles. The highest BCUT2D eigenvalue weighted by Crippen LogP contribution is 2.35. The van der Waals surface area contributed by atoms with Crippen LogP contribution >= 0.6 is 0 Å². The van der Waals surface area contributed by atoms with Crippen LogP contribution < -0.4 is 5.73 Å². The second-order valence-electron chi connectivity index (χ2n) is 6.07. The van der Waals surface area contributed by atoms with Gasteiger partial charge in [-0.3, -0.25) is 4.90 Å². The minimum atomic E-state index is 0.289. The van der Waals surface area contributed by atoms with Crippen molar-refractivity contribution in [2.75, 3.05) is 26.2 Å². The van der Waals surface area contributed by atoms with Gasteiger partial charge in [0.25, 0.3) is 0 Å². The Hall–Kier alpha value is -0.120. The second-order valence-corrected chi connectivity index (χ2v) is 6.07. The van der Waals surface area contributed by atoms with Crippen LogP contribution in [0.25, 0.3) is 0 Å². The highest BCUT2D eigenvalue weighted by atomic mass is 16.5. The molecule has 1 aliphatic heterocycles. The molecule has 1 aliphatic carbocycles. The Kier molecular flexibility index (Phi) is 5.46. The van der Waals surface area contributed by atoms with Crippen molar-refractivity contribution in [2.24, 2.45) is 5.73 Å². The van der Waals surface area contributed by atoms with Crippen LogP contribution in [-0.2, 0) is 4.74 Å². The van der Waals surface area contributed by atoms with Crippen LogP contribution in [0.1, 0.15) is 58.3 Å². The van der Waals surface area contributed by atoms with Crippen molar-refractivity contribution in [2.45, 2.75) is 69.9 Å². The molecule has 0 aromatic heterocycles. The van der Waals surface area contributed by atoms with Gasteiger partial charge in [-0.15, -0.1) is 0 Å². The van der Waals surface area contributed by atoms with Crippen molar-refractivity contribution < 1.29 is 4.74 Å². The minimum absolute atomic E-state index is 0.289. The Morgan fingerprint density at radius 3 is 2.56 bits per heavy atom. The number of ether oxygens (including phenoxy) is 1. The average Bonchev–Trinajstić information content (AvgIpc) is 2.89. The van der Waals surface area contributed by atoms with E-state index >= 15 is 0 Å². The summed E-state index contributed by atoms with van der Waals surface area (Å²) in [6.07, 6.45) is 10.8. The van der Waals surface area contributed by atoms with Gasteiger partial charge in [-0.2, -0.15) is 0 Å². The number of nitrogens with zero attached hydrogens (tertiary/aromatic N) is 1. The number of rotatable bonds is 6. The first-order chi connectivity index (χ1) is 8.80. The average molecular weight is 254 g/mol. The molecule has 2 rings (SSSR count). The third-order valence-electron chi connectivity index (χ3n) is 4.78. The summed E-state index contributed by atoms with van der Waals surface area (Å²) in [5.41, 5.74) is 6.41. The molecule has 0 aromatic carbocycles. The van der Waals surface area contributed by atoms with Gasteiger partial charge in [0.05, 0.1) is 6.10 Å². The van der Waals surface area contributed by atoms with E-state index in [1.165, 1.54) is 57.9 Å². The third-order valence-corrected chi connectivity index (χ3v) is 4.78. The highest BCUT2D eigenvalue weighted by Gasteiger charge is 2.38. The second kappa shape index (κ2) is 6.88. The lowest BCUT2D eigenvalue weighted by atomic mass is 9.93. The van der Waals surface area contributed by atoms with Crippen molar-refractivity contribution in [3.63, 3.8) is 0 Å². The SMILES string of the molecule is CCCN(CC1CCCCO1)C1(CN)CCCC1. The Morgan fingerprint density at radius 1 is 1.22 bits per heavy atom. The number of hydrogen-bond acceptors (Lipinski definition) is 3. The third kappa shape index (κ3) is 3.25. The standard InChI is InChI=1S/C15H30N2O/c1-2-10-17(12-14-7-3-6-11-18-14)15(13-16)8-4-5-9-15/h14H,2-13,16H2,1H3. The molecule has 0 aromatic rings. The number of hydrogen-bond donors (Lipinski definition) is 1. The summed E-state index contributed by atoms with van der Waals surface area (Å²) in [7, 11) is 0. The molecule has 1 saturated carbocycles. The van der Waals surface area contributed by atoms with Gasteiger partial charge < -0.3 is 10.5 Å². The van der Waals surface area contributed by atoms with E-state index in [1.54, 1.807) is 0 Å². The van der Waals surface area contributed by atoms with Gasteiger partial charge in [-0.25, -0.2) is 0 Å². The maximum atomic E-state index is 6.12.